The van der Waals surface area contributed by atoms with Gasteiger partial charge in [-0.15, -0.1) is 0 Å². The molecule has 182 valence electrons. The van der Waals surface area contributed by atoms with E-state index in [1.807, 2.05) is 41.5 Å². The topological polar surface area (TPSA) is 113 Å². The number of hydrogen-bond donors (Lipinski definition) is 2. The number of nitrogens with zero attached hydrogens (tertiary/aromatic N) is 2. The first kappa shape index (κ1) is 26.3. The van der Waals surface area contributed by atoms with Crippen LogP contribution in [0.15, 0.2) is 0 Å². The Labute approximate surface area is 192 Å². The molecule has 0 spiro atoms. The van der Waals surface area contributed by atoms with Crippen molar-refractivity contribution >= 4 is 23.5 Å². The predicted molar refractivity (Wildman–Crippen MR) is 124 cm³/mol. The molecule has 0 radical (unpaired) electrons. The van der Waals surface area contributed by atoms with Gasteiger partial charge in [0.1, 0.15) is 12.1 Å². The second-order valence-electron chi connectivity index (χ2n) is 10.1. The summed E-state index contributed by atoms with van der Waals surface area (Å²) in [6, 6.07) is -2.41. The summed E-state index contributed by atoms with van der Waals surface area (Å²) >= 11 is 0. The molecule has 0 bridgehead atoms. The molecule has 32 heavy (non-hydrogen) atoms. The molecule has 8 nitrogen and oxygen atoms in total. The molecule has 4 unspecified atom stereocenters. The second-order valence-corrected chi connectivity index (χ2v) is 10.1. The number of nitrogens with one attached hydrogen (secondary N) is 1. The number of carbonyl (C=O) groups is 4. The van der Waals surface area contributed by atoms with E-state index >= 15 is 0 Å². The van der Waals surface area contributed by atoms with Gasteiger partial charge in [-0.2, -0.15) is 0 Å². The van der Waals surface area contributed by atoms with Gasteiger partial charge in [-0.25, -0.2) is 0 Å². The number of rotatable bonds is 9. The first-order chi connectivity index (χ1) is 15.0. The van der Waals surface area contributed by atoms with E-state index in [9.17, 15) is 19.2 Å². The smallest absolute Gasteiger partial charge is 0.246 e. The standard InChI is InChI=1S/C24H42N4O4/c1-7-16(6)21(29)17-10-8-12-27(17)24(32)20(15(4)5)26-22(30)18-11-9-13-28(18)23(31)19(25)14(2)3/h14-20H,7-13,25H2,1-6H3,(H,26,30)/t16-,17?,18?,19?,20?/m1/s1. The fourth-order valence-electron chi connectivity index (χ4n) is 4.58. The lowest BCUT2D eigenvalue weighted by Gasteiger charge is -2.33. The van der Waals surface area contributed by atoms with Crippen LogP contribution < -0.4 is 11.1 Å². The summed E-state index contributed by atoms with van der Waals surface area (Å²) in [7, 11) is 0. The normalized spacial score (nSPS) is 24.0. The van der Waals surface area contributed by atoms with Crippen molar-refractivity contribution in [2.75, 3.05) is 13.1 Å². The van der Waals surface area contributed by atoms with Crippen LogP contribution in [0.1, 0.15) is 73.6 Å². The van der Waals surface area contributed by atoms with Gasteiger partial charge in [-0.1, -0.05) is 41.5 Å². The maximum Gasteiger partial charge on any atom is 0.246 e. The summed E-state index contributed by atoms with van der Waals surface area (Å²) in [6.45, 7) is 12.4. The minimum Gasteiger partial charge on any atom is -0.342 e. The predicted octanol–water partition coefficient (Wildman–Crippen LogP) is 1.71. The van der Waals surface area contributed by atoms with Gasteiger partial charge in [0, 0.05) is 19.0 Å². The monoisotopic (exact) mass is 450 g/mol. The zero-order valence-electron chi connectivity index (χ0n) is 20.6. The molecule has 2 fully saturated rings. The van der Waals surface area contributed by atoms with Gasteiger partial charge in [0.2, 0.25) is 17.7 Å². The average molecular weight is 451 g/mol. The molecule has 2 aliphatic rings. The van der Waals surface area contributed by atoms with Crippen LogP contribution in [0.4, 0.5) is 0 Å². The van der Waals surface area contributed by atoms with E-state index in [1.54, 1.807) is 9.80 Å². The Hall–Kier alpha value is -1.96. The van der Waals surface area contributed by atoms with E-state index in [4.69, 9.17) is 5.73 Å². The van der Waals surface area contributed by atoms with Crippen LogP contribution in [0.25, 0.3) is 0 Å². The molecular weight excluding hydrogens is 408 g/mol. The van der Waals surface area contributed by atoms with Crippen molar-refractivity contribution in [2.45, 2.75) is 97.8 Å². The maximum absolute atomic E-state index is 13.4. The van der Waals surface area contributed by atoms with Crippen LogP contribution in [0.5, 0.6) is 0 Å². The van der Waals surface area contributed by atoms with Gasteiger partial charge in [-0.3, -0.25) is 19.2 Å². The molecule has 0 aliphatic carbocycles. The highest BCUT2D eigenvalue weighted by Crippen LogP contribution is 2.25. The number of likely N-dealkylation sites (tertiary alicyclic amines) is 2. The summed E-state index contributed by atoms with van der Waals surface area (Å²) in [6.07, 6.45) is 3.49. The van der Waals surface area contributed by atoms with Crippen molar-refractivity contribution in [1.29, 1.82) is 0 Å². The van der Waals surface area contributed by atoms with E-state index in [-0.39, 0.29) is 41.3 Å². The van der Waals surface area contributed by atoms with Gasteiger partial charge in [0.25, 0.3) is 0 Å². The average Bonchev–Trinajstić information content (AvgIpc) is 3.44. The summed E-state index contributed by atoms with van der Waals surface area (Å²) in [5.74, 6) is -0.901. The fourth-order valence-corrected chi connectivity index (χ4v) is 4.58. The van der Waals surface area contributed by atoms with Crippen molar-refractivity contribution in [3.8, 4) is 0 Å². The Morgan fingerprint density at radius 1 is 0.875 bits per heavy atom. The summed E-state index contributed by atoms with van der Waals surface area (Å²) in [5, 5.41) is 2.91. The number of ketones is 1. The van der Waals surface area contributed by atoms with Crippen molar-refractivity contribution in [2.24, 2.45) is 23.5 Å². The lowest BCUT2D eigenvalue weighted by Crippen LogP contribution is -2.58. The SMILES string of the molecule is CC[C@@H](C)C(=O)C1CCCN1C(=O)C(NC(=O)C1CCCN1C(=O)C(N)C(C)C)C(C)C. The van der Waals surface area contributed by atoms with Crippen LogP contribution in [0.2, 0.25) is 0 Å². The van der Waals surface area contributed by atoms with Gasteiger partial charge >= 0.3 is 0 Å². The second kappa shape index (κ2) is 11.3. The molecule has 0 aromatic rings. The highest BCUT2D eigenvalue weighted by Gasteiger charge is 2.42. The molecule has 0 aromatic carbocycles. The zero-order valence-corrected chi connectivity index (χ0v) is 20.6. The Kier molecular flexibility index (Phi) is 9.25. The van der Waals surface area contributed by atoms with Crippen molar-refractivity contribution in [3.63, 3.8) is 0 Å². The van der Waals surface area contributed by atoms with E-state index in [2.05, 4.69) is 5.32 Å². The molecule has 2 rings (SSSR count). The highest BCUT2D eigenvalue weighted by atomic mass is 16.2. The molecule has 2 heterocycles. The van der Waals surface area contributed by atoms with Crippen molar-refractivity contribution < 1.29 is 19.2 Å². The Morgan fingerprint density at radius 2 is 1.41 bits per heavy atom. The molecule has 0 saturated carbocycles. The first-order valence-electron chi connectivity index (χ1n) is 12.2. The molecule has 3 N–H and O–H groups in total. The van der Waals surface area contributed by atoms with Gasteiger partial charge in [0.15, 0.2) is 5.78 Å². The molecule has 5 atom stereocenters. The molecule has 3 amide bonds. The van der Waals surface area contributed by atoms with Crippen LogP contribution in [0, 0.1) is 17.8 Å². The van der Waals surface area contributed by atoms with E-state index in [1.165, 1.54) is 0 Å². The van der Waals surface area contributed by atoms with Crippen molar-refractivity contribution in [1.82, 2.24) is 15.1 Å². The minimum atomic E-state index is -0.732. The number of hydrogen-bond acceptors (Lipinski definition) is 5. The van der Waals surface area contributed by atoms with Crippen LogP contribution in [-0.4, -0.2) is 70.6 Å². The van der Waals surface area contributed by atoms with E-state index < -0.39 is 24.2 Å². The molecule has 2 aliphatic heterocycles. The zero-order chi connectivity index (χ0) is 24.2. The summed E-state index contributed by atoms with van der Waals surface area (Å²) in [4.78, 5) is 55.4. The van der Waals surface area contributed by atoms with Gasteiger partial charge in [-0.05, 0) is 43.9 Å². The van der Waals surface area contributed by atoms with Crippen LogP contribution in [-0.2, 0) is 19.2 Å². The lowest BCUT2D eigenvalue weighted by molar-refractivity contribution is -0.144. The largest absolute Gasteiger partial charge is 0.342 e. The number of amides is 3. The fraction of sp³-hybridized carbons (Fsp3) is 0.833. The minimum absolute atomic E-state index is 0.0213. The molecule has 8 heteroatoms. The molecule has 2 saturated heterocycles. The molecule has 0 aromatic heterocycles. The third-order valence-corrected chi connectivity index (χ3v) is 7.03. The van der Waals surface area contributed by atoms with Crippen molar-refractivity contribution in [3.05, 3.63) is 0 Å². The van der Waals surface area contributed by atoms with Crippen LogP contribution >= 0.6 is 0 Å². The Balaban J connectivity index is 2.14. The number of carbonyl (C=O) groups excluding carboxylic acids is 4. The Bertz CT molecular complexity index is 708. The van der Waals surface area contributed by atoms with Gasteiger partial charge < -0.3 is 20.9 Å². The van der Waals surface area contributed by atoms with E-state index in [0.717, 1.165) is 19.3 Å². The van der Waals surface area contributed by atoms with Crippen LogP contribution in [0.3, 0.4) is 0 Å². The third-order valence-electron chi connectivity index (χ3n) is 7.03. The van der Waals surface area contributed by atoms with Gasteiger partial charge in [0.05, 0.1) is 12.1 Å². The summed E-state index contributed by atoms with van der Waals surface area (Å²) in [5.41, 5.74) is 6.05. The lowest BCUT2D eigenvalue weighted by atomic mass is 9.95. The maximum atomic E-state index is 13.4. The molecular formula is C24H42N4O4. The highest BCUT2D eigenvalue weighted by molar-refractivity contribution is 5.96. The Morgan fingerprint density at radius 3 is 1.91 bits per heavy atom. The quantitative estimate of drug-likeness (QED) is 0.555. The third kappa shape index (κ3) is 5.69. The summed E-state index contributed by atoms with van der Waals surface area (Å²) < 4.78 is 0. The number of Topliss-reactive ketones (excluding diaryl/α,β-unsaturated/α-hetero) is 1. The number of nitrogens with two attached hydrogens (primary N) is 1. The van der Waals surface area contributed by atoms with E-state index in [0.29, 0.717) is 25.9 Å². The first-order valence-corrected chi connectivity index (χ1v) is 12.2.